The summed E-state index contributed by atoms with van der Waals surface area (Å²) in [5.74, 6) is 2.52. The van der Waals surface area contributed by atoms with Crippen molar-refractivity contribution >= 4 is 34.1 Å². The number of rotatable bonds is 4. The van der Waals surface area contributed by atoms with Gasteiger partial charge in [-0.1, -0.05) is 18.0 Å². The van der Waals surface area contributed by atoms with E-state index < -0.39 is 6.10 Å². The standard InChI is InChI=1S/C26H32ClN3O3/c1-26(14-33-13-22(26)31)30-7-5-15(6-8-30)20-9-16-11-23(28-12-17(16)10-21(20)27)29-25(32)24-18-3-2-4-19(18)24/h9-12,15,18-19,22,24,31H,2-8,13-14H2,1H3,(H,28,29,32). The minimum absolute atomic E-state index is 0.129. The predicted molar refractivity (Wildman–Crippen MR) is 128 cm³/mol. The van der Waals surface area contributed by atoms with Gasteiger partial charge >= 0.3 is 0 Å². The second-order valence-corrected chi connectivity index (χ2v) is 11.1. The molecule has 2 aliphatic carbocycles. The molecule has 3 heterocycles. The molecule has 2 aliphatic heterocycles. The maximum Gasteiger partial charge on any atom is 0.229 e. The second kappa shape index (κ2) is 8.19. The van der Waals surface area contributed by atoms with E-state index in [4.69, 9.17) is 16.3 Å². The Labute approximate surface area is 199 Å². The van der Waals surface area contributed by atoms with E-state index in [2.05, 4.69) is 28.2 Å². The van der Waals surface area contributed by atoms with Crippen LogP contribution < -0.4 is 5.32 Å². The molecular formula is C26H32ClN3O3. The van der Waals surface area contributed by atoms with Gasteiger partial charge in [-0.2, -0.15) is 0 Å². The maximum absolute atomic E-state index is 12.7. The summed E-state index contributed by atoms with van der Waals surface area (Å²) in [6.07, 6.45) is 7.01. The summed E-state index contributed by atoms with van der Waals surface area (Å²) in [6.45, 7) is 4.93. The number of anilines is 1. The predicted octanol–water partition coefficient (Wildman–Crippen LogP) is 4.20. The highest BCUT2D eigenvalue weighted by Gasteiger charge is 2.56. The van der Waals surface area contributed by atoms with Gasteiger partial charge in [0.15, 0.2) is 0 Å². The molecule has 0 spiro atoms. The molecular weight excluding hydrogens is 438 g/mol. The highest BCUT2D eigenvalue weighted by atomic mass is 35.5. The largest absolute Gasteiger partial charge is 0.389 e. The fraction of sp³-hybridized carbons (Fsp3) is 0.615. The van der Waals surface area contributed by atoms with Gasteiger partial charge in [0.05, 0.1) is 24.9 Å². The van der Waals surface area contributed by atoms with Crippen molar-refractivity contribution in [1.29, 1.82) is 0 Å². The Balaban J connectivity index is 1.17. The maximum atomic E-state index is 12.7. The van der Waals surface area contributed by atoms with Crippen LogP contribution in [-0.4, -0.2) is 58.8 Å². The van der Waals surface area contributed by atoms with Crippen LogP contribution in [0.2, 0.25) is 5.02 Å². The number of fused-ring (bicyclic) bond motifs is 2. The molecule has 7 heteroatoms. The molecule has 33 heavy (non-hydrogen) atoms. The Hall–Kier alpha value is -1.73. The van der Waals surface area contributed by atoms with E-state index in [1.807, 2.05) is 12.1 Å². The van der Waals surface area contributed by atoms with Gasteiger partial charge in [-0.15, -0.1) is 0 Å². The van der Waals surface area contributed by atoms with E-state index in [1.54, 1.807) is 6.20 Å². The second-order valence-electron chi connectivity index (χ2n) is 10.7. The van der Waals surface area contributed by atoms with Gasteiger partial charge < -0.3 is 15.2 Å². The van der Waals surface area contributed by atoms with Crippen LogP contribution >= 0.6 is 11.6 Å². The van der Waals surface area contributed by atoms with E-state index in [1.165, 1.54) is 19.3 Å². The Morgan fingerprint density at radius 2 is 1.94 bits per heavy atom. The molecule has 4 unspecified atom stereocenters. The van der Waals surface area contributed by atoms with Crippen LogP contribution in [0.15, 0.2) is 24.4 Å². The Morgan fingerprint density at radius 1 is 1.18 bits per heavy atom. The van der Waals surface area contributed by atoms with Crippen molar-refractivity contribution in [2.24, 2.45) is 17.8 Å². The van der Waals surface area contributed by atoms with Crippen molar-refractivity contribution in [2.45, 2.75) is 56.6 Å². The number of nitrogens with zero attached hydrogens (tertiary/aromatic N) is 2. The first-order valence-corrected chi connectivity index (χ1v) is 12.7. The van der Waals surface area contributed by atoms with Gasteiger partial charge in [-0.25, -0.2) is 4.98 Å². The number of aliphatic hydroxyl groups is 1. The number of pyridine rings is 1. The molecule has 1 aromatic heterocycles. The molecule has 2 N–H and O–H groups in total. The SMILES string of the molecule is CC1(N2CCC(c3cc4cc(NC(=O)C5C6CCCC65)ncc4cc3Cl)CC2)COCC1O. The van der Waals surface area contributed by atoms with Gasteiger partial charge in [0.1, 0.15) is 5.82 Å². The minimum atomic E-state index is -0.436. The number of carbonyl (C=O) groups excluding carboxylic acids is 1. The van der Waals surface area contributed by atoms with Gasteiger partial charge in [0.25, 0.3) is 0 Å². The molecule has 2 aromatic rings. The topological polar surface area (TPSA) is 74.7 Å². The van der Waals surface area contributed by atoms with Gasteiger partial charge in [-0.3, -0.25) is 9.69 Å². The normalized spacial score (nSPS) is 34.5. The fourth-order valence-corrected chi connectivity index (χ4v) is 6.97. The number of hydrogen-bond donors (Lipinski definition) is 2. The Morgan fingerprint density at radius 3 is 2.64 bits per heavy atom. The molecule has 2 saturated heterocycles. The number of benzene rings is 1. The zero-order chi connectivity index (χ0) is 22.7. The Kier molecular flexibility index (Phi) is 5.41. The summed E-state index contributed by atoms with van der Waals surface area (Å²) in [5.41, 5.74) is 0.870. The highest BCUT2D eigenvalue weighted by molar-refractivity contribution is 6.32. The quantitative estimate of drug-likeness (QED) is 0.701. The number of likely N-dealkylation sites (tertiary alicyclic amines) is 1. The number of ether oxygens (including phenoxy) is 1. The van der Waals surface area contributed by atoms with E-state index in [9.17, 15) is 9.90 Å². The molecule has 6 rings (SSSR count). The molecule has 176 valence electrons. The molecule has 2 saturated carbocycles. The molecule has 0 radical (unpaired) electrons. The van der Waals surface area contributed by atoms with E-state index >= 15 is 0 Å². The van der Waals surface area contributed by atoms with Crippen LogP contribution in [0.5, 0.6) is 0 Å². The zero-order valence-corrected chi connectivity index (χ0v) is 19.9. The molecule has 1 amide bonds. The highest BCUT2D eigenvalue weighted by Crippen LogP contribution is 2.57. The van der Waals surface area contributed by atoms with Crippen LogP contribution in [0.25, 0.3) is 10.8 Å². The van der Waals surface area contributed by atoms with Crippen molar-refractivity contribution in [3.63, 3.8) is 0 Å². The number of aliphatic hydroxyl groups excluding tert-OH is 1. The van der Waals surface area contributed by atoms with E-state index in [-0.39, 0.29) is 17.4 Å². The molecule has 1 aromatic carbocycles. The lowest BCUT2D eigenvalue weighted by molar-refractivity contribution is -0.118. The molecule has 4 atom stereocenters. The van der Waals surface area contributed by atoms with E-state index in [0.29, 0.717) is 36.8 Å². The van der Waals surface area contributed by atoms with Crippen LogP contribution in [-0.2, 0) is 9.53 Å². The first-order valence-electron chi connectivity index (χ1n) is 12.3. The van der Waals surface area contributed by atoms with Crippen molar-refractivity contribution in [1.82, 2.24) is 9.88 Å². The first kappa shape index (κ1) is 21.8. The number of piperidine rings is 1. The molecule has 4 fully saturated rings. The Bertz CT molecular complexity index is 1080. The smallest absolute Gasteiger partial charge is 0.229 e. The first-order chi connectivity index (χ1) is 15.9. The summed E-state index contributed by atoms with van der Waals surface area (Å²) in [7, 11) is 0. The molecule has 0 bridgehead atoms. The van der Waals surface area contributed by atoms with Crippen molar-refractivity contribution < 1.29 is 14.6 Å². The average molecular weight is 470 g/mol. The van der Waals surface area contributed by atoms with Crippen LogP contribution in [0.1, 0.15) is 50.5 Å². The van der Waals surface area contributed by atoms with Crippen molar-refractivity contribution in [3.8, 4) is 0 Å². The van der Waals surface area contributed by atoms with E-state index in [0.717, 1.165) is 47.3 Å². The number of hydrogen-bond acceptors (Lipinski definition) is 5. The van der Waals surface area contributed by atoms with Gasteiger partial charge in [0, 0.05) is 22.5 Å². The van der Waals surface area contributed by atoms with Gasteiger partial charge in [0.2, 0.25) is 5.91 Å². The third-order valence-electron chi connectivity index (χ3n) is 8.84. The number of amides is 1. The molecule has 4 aliphatic rings. The third kappa shape index (κ3) is 3.75. The van der Waals surface area contributed by atoms with Crippen LogP contribution in [0, 0.1) is 17.8 Å². The summed E-state index contributed by atoms with van der Waals surface area (Å²) in [6, 6.07) is 6.16. The van der Waals surface area contributed by atoms with Crippen LogP contribution in [0.3, 0.4) is 0 Å². The van der Waals surface area contributed by atoms with Gasteiger partial charge in [-0.05, 0) is 92.6 Å². The minimum Gasteiger partial charge on any atom is -0.389 e. The number of halogens is 1. The average Bonchev–Trinajstić information content (AvgIpc) is 3.09. The summed E-state index contributed by atoms with van der Waals surface area (Å²) < 4.78 is 5.53. The molecule has 6 nitrogen and oxygen atoms in total. The lowest BCUT2D eigenvalue weighted by Gasteiger charge is -2.43. The lowest BCUT2D eigenvalue weighted by atomic mass is 9.85. The summed E-state index contributed by atoms with van der Waals surface area (Å²) in [5, 5.41) is 16.3. The summed E-state index contributed by atoms with van der Waals surface area (Å²) >= 11 is 6.71. The lowest BCUT2D eigenvalue weighted by Crippen LogP contribution is -2.56. The number of nitrogens with one attached hydrogen (secondary N) is 1. The zero-order valence-electron chi connectivity index (χ0n) is 19.1. The van der Waals surface area contributed by atoms with Crippen molar-refractivity contribution in [2.75, 3.05) is 31.6 Å². The third-order valence-corrected chi connectivity index (χ3v) is 9.17. The number of aromatic nitrogens is 1. The van der Waals surface area contributed by atoms with Crippen molar-refractivity contribution in [3.05, 3.63) is 35.0 Å². The summed E-state index contributed by atoms with van der Waals surface area (Å²) in [4.78, 5) is 19.5. The monoisotopic (exact) mass is 469 g/mol. The fourth-order valence-electron chi connectivity index (χ4n) is 6.64. The number of carbonyl (C=O) groups is 1. The van der Waals surface area contributed by atoms with Crippen LogP contribution in [0.4, 0.5) is 5.82 Å².